The van der Waals surface area contributed by atoms with Crippen molar-refractivity contribution in [3.8, 4) is 0 Å². The van der Waals surface area contributed by atoms with Gasteiger partial charge in [-0.3, -0.25) is 4.79 Å². The third kappa shape index (κ3) is 4.64. The number of hydrogen-bond donors (Lipinski definition) is 1. The van der Waals surface area contributed by atoms with Crippen LogP contribution in [0, 0.1) is 5.92 Å². The quantitative estimate of drug-likeness (QED) is 0.737. The first-order valence-electron chi connectivity index (χ1n) is 6.68. The maximum atomic E-state index is 11.5. The van der Waals surface area contributed by atoms with Crippen molar-refractivity contribution < 1.29 is 9.53 Å². The predicted octanol–water partition coefficient (Wildman–Crippen LogP) is 1.26. The molecule has 0 amide bonds. The van der Waals surface area contributed by atoms with E-state index in [1.54, 1.807) is 0 Å². The summed E-state index contributed by atoms with van der Waals surface area (Å²) in [6, 6.07) is -0.196. The summed E-state index contributed by atoms with van der Waals surface area (Å²) in [7, 11) is 3.26. The number of esters is 1. The lowest BCUT2D eigenvalue weighted by Crippen LogP contribution is -2.45. The van der Waals surface area contributed by atoms with Crippen molar-refractivity contribution in [2.75, 3.05) is 33.8 Å². The standard InChI is InChI=1S/C13H26N2O2/c1-4-11-6-5-8-15(9-7-11)10-12(14-2)13(16)17-3/h11-12,14H,4-10H2,1-3H3. The minimum Gasteiger partial charge on any atom is -0.468 e. The molecule has 4 nitrogen and oxygen atoms in total. The molecule has 0 bridgehead atoms. The molecule has 1 fully saturated rings. The lowest BCUT2D eigenvalue weighted by Gasteiger charge is -2.24. The van der Waals surface area contributed by atoms with Crippen molar-refractivity contribution >= 4 is 5.97 Å². The molecule has 1 aliphatic rings. The number of nitrogens with one attached hydrogen (secondary N) is 1. The van der Waals surface area contributed by atoms with Gasteiger partial charge in [-0.1, -0.05) is 13.3 Å². The number of rotatable bonds is 5. The van der Waals surface area contributed by atoms with Gasteiger partial charge in [0.05, 0.1) is 7.11 Å². The van der Waals surface area contributed by atoms with Crippen molar-refractivity contribution in [1.29, 1.82) is 0 Å². The van der Waals surface area contributed by atoms with Crippen LogP contribution in [0.15, 0.2) is 0 Å². The van der Waals surface area contributed by atoms with Crippen molar-refractivity contribution in [1.82, 2.24) is 10.2 Å². The highest BCUT2D eigenvalue weighted by molar-refractivity contribution is 5.75. The normalized spacial score (nSPS) is 24.1. The van der Waals surface area contributed by atoms with E-state index in [-0.39, 0.29) is 12.0 Å². The lowest BCUT2D eigenvalue weighted by atomic mass is 9.98. The predicted molar refractivity (Wildman–Crippen MR) is 68.9 cm³/mol. The van der Waals surface area contributed by atoms with Crippen LogP contribution in [0.4, 0.5) is 0 Å². The third-order valence-electron chi connectivity index (χ3n) is 3.79. The Hall–Kier alpha value is -0.610. The Bertz CT molecular complexity index is 233. The SMILES string of the molecule is CCC1CCCN(CC(NC)C(=O)OC)CC1. The summed E-state index contributed by atoms with van der Waals surface area (Å²) in [4.78, 5) is 13.9. The zero-order valence-corrected chi connectivity index (χ0v) is 11.4. The monoisotopic (exact) mass is 242 g/mol. The van der Waals surface area contributed by atoms with Gasteiger partial charge in [-0.15, -0.1) is 0 Å². The molecule has 2 unspecified atom stereocenters. The Balaban J connectivity index is 2.42. The fourth-order valence-electron chi connectivity index (χ4n) is 2.50. The van der Waals surface area contributed by atoms with Crippen LogP contribution in [-0.4, -0.2) is 50.7 Å². The minimum absolute atomic E-state index is 0.163. The number of likely N-dealkylation sites (tertiary alicyclic amines) is 1. The Kier molecular flexibility index (Phi) is 6.52. The summed E-state index contributed by atoms with van der Waals surface area (Å²) >= 11 is 0. The van der Waals surface area contributed by atoms with Gasteiger partial charge >= 0.3 is 5.97 Å². The number of methoxy groups -OCH3 is 1. The first-order chi connectivity index (χ1) is 8.21. The molecule has 2 atom stereocenters. The van der Waals surface area contributed by atoms with Crippen molar-refractivity contribution in [3.05, 3.63) is 0 Å². The highest BCUT2D eigenvalue weighted by atomic mass is 16.5. The van der Waals surface area contributed by atoms with Crippen LogP contribution in [0.3, 0.4) is 0 Å². The first-order valence-corrected chi connectivity index (χ1v) is 6.68. The Morgan fingerprint density at radius 3 is 2.82 bits per heavy atom. The molecule has 0 spiro atoms. The van der Waals surface area contributed by atoms with E-state index in [1.807, 2.05) is 7.05 Å². The summed E-state index contributed by atoms with van der Waals surface area (Å²) in [5.41, 5.74) is 0. The van der Waals surface area contributed by atoms with E-state index >= 15 is 0 Å². The molecular weight excluding hydrogens is 216 g/mol. The summed E-state index contributed by atoms with van der Waals surface area (Å²) in [6.45, 7) is 5.24. The van der Waals surface area contributed by atoms with Crippen molar-refractivity contribution in [3.63, 3.8) is 0 Å². The number of carbonyl (C=O) groups is 1. The second kappa shape index (κ2) is 7.67. The number of nitrogens with zero attached hydrogens (tertiary/aromatic N) is 1. The molecule has 1 saturated heterocycles. The van der Waals surface area contributed by atoms with Gasteiger partial charge < -0.3 is 15.0 Å². The highest BCUT2D eigenvalue weighted by Crippen LogP contribution is 2.20. The van der Waals surface area contributed by atoms with Gasteiger partial charge in [0.2, 0.25) is 0 Å². The molecule has 4 heteroatoms. The fourth-order valence-corrected chi connectivity index (χ4v) is 2.50. The average molecular weight is 242 g/mol. The molecule has 0 aromatic rings. The second-order valence-electron chi connectivity index (χ2n) is 4.87. The van der Waals surface area contributed by atoms with Crippen molar-refractivity contribution in [2.24, 2.45) is 5.92 Å². The molecular formula is C13H26N2O2. The second-order valence-corrected chi connectivity index (χ2v) is 4.87. The topological polar surface area (TPSA) is 41.6 Å². The van der Waals surface area contributed by atoms with E-state index in [1.165, 1.54) is 32.8 Å². The van der Waals surface area contributed by atoms with Gasteiger partial charge in [-0.05, 0) is 45.3 Å². The Morgan fingerprint density at radius 1 is 1.47 bits per heavy atom. The maximum absolute atomic E-state index is 11.5. The number of likely N-dealkylation sites (N-methyl/N-ethyl adjacent to an activating group) is 1. The van der Waals surface area contributed by atoms with Crippen LogP contribution in [0.5, 0.6) is 0 Å². The molecule has 1 heterocycles. The molecule has 0 aliphatic carbocycles. The van der Waals surface area contributed by atoms with Gasteiger partial charge in [0.15, 0.2) is 0 Å². The lowest BCUT2D eigenvalue weighted by molar-refractivity contribution is -0.143. The van der Waals surface area contributed by atoms with Crippen LogP contribution < -0.4 is 5.32 Å². The van der Waals surface area contributed by atoms with Gasteiger partial charge in [0, 0.05) is 6.54 Å². The molecule has 1 N–H and O–H groups in total. The zero-order chi connectivity index (χ0) is 12.7. The molecule has 17 heavy (non-hydrogen) atoms. The number of ether oxygens (including phenoxy) is 1. The minimum atomic E-state index is -0.196. The van der Waals surface area contributed by atoms with E-state index < -0.39 is 0 Å². The average Bonchev–Trinajstić information content (AvgIpc) is 2.60. The van der Waals surface area contributed by atoms with E-state index in [2.05, 4.69) is 17.1 Å². The van der Waals surface area contributed by atoms with Gasteiger partial charge in [0.1, 0.15) is 6.04 Å². The molecule has 0 aromatic carbocycles. The summed E-state index contributed by atoms with van der Waals surface area (Å²) in [6.07, 6.45) is 5.11. The first kappa shape index (κ1) is 14.5. The van der Waals surface area contributed by atoms with Crippen LogP contribution in [0.25, 0.3) is 0 Å². The third-order valence-corrected chi connectivity index (χ3v) is 3.79. The summed E-state index contributed by atoms with van der Waals surface area (Å²) < 4.78 is 4.79. The van der Waals surface area contributed by atoms with Crippen LogP contribution >= 0.6 is 0 Å². The molecule has 100 valence electrons. The van der Waals surface area contributed by atoms with Crippen LogP contribution in [0.1, 0.15) is 32.6 Å². The van der Waals surface area contributed by atoms with Gasteiger partial charge in [-0.25, -0.2) is 0 Å². The molecule has 0 radical (unpaired) electrons. The van der Waals surface area contributed by atoms with Crippen molar-refractivity contribution in [2.45, 2.75) is 38.6 Å². The molecule has 1 aliphatic heterocycles. The Labute approximate surface area is 105 Å². The highest BCUT2D eigenvalue weighted by Gasteiger charge is 2.22. The van der Waals surface area contributed by atoms with Gasteiger partial charge in [-0.2, -0.15) is 0 Å². The van der Waals surface area contributed by atoms with Crippen LogP contribution in [0.2, 0.25) is 0 Å². The zero-order valence-electron chi connectivity index (χ0n) is 11.4. The van der Waals surface area contributed by atoms with Crippen LogP contribution in [-0.2, 0) is 9.53 Å². The summed E-state index contributed by atoms with van der Waals surface area (Å²) in [5, 5.41) is 3.03. The largest absolute Gasteiger partial charge is 0.468 e. The smallest absolute Gasteiger partial charge is 0.324 e. The Morgan fingerprint density at radius 2 is 2.24 bits per heavy atom. The molecule has 1 rings (SSSR count). The number of carbonyl (C=O) groups excluding carboxylic acids is 1. The summed E-state index contributed by atoms with van der Waals surface area (Å²) in [5.74, 6) is 0.704. The van der Waals surface area contributed by atoms with E-state index in [9.17, 15) is 4.79 Å². The molecule has 0 saturated carbocycles. The number of hydrogen-bond acceptors (Lipinski definition) is 4. The van der Waals surface area contributed by atoms with E-state index in [0.717, 1.165) is 25.6 Å². The van der Waals surface area contributed by atoms with E-state index in [4.69, 9.17) is 4.74 Å². The fraction of sp³-hybridized carbons (Fsp3) is 0.923. The van der Waals surface area contributed by atoms with Gasteiger partial charge in [0.25, 0.3) is 0 Å². The maximum Gasteiger partial charge on any atom is 0.324 e. The molecule has 0 aromatic heterocycles. The van der Waals surface area contributed by atoms with E-state index in [0.29, 0.717) is 0 Å².